The van der Waals surface area contributed by atoms with E-state index in [0.717, 1.165) is 25.7 Å². The summed E-state index contributed by atoms with van der Waals surface area (Å²) in [7, 11) is 0. The van der Waals surface area contributed by atoms with Gasteiger partial charge in [-0.25, -0.2) is 0 Å². The monoisotopic (exact) mass is 846 g/mol. The molecule has 0 bridgehead atoms. The number of unbranched alkanes of at least 4 members (excludes halogenated alkanes) is 43. The first-order valence-corrected chi connectivity index (χ1v) is 27.9. The minimum atomic E-state index is -0.653. The molecule has 3 N–H and O–H groups in total. The quantitative estimate of drug-likeness (QED) is 0.0422. The van der Waals surface area contributed by atoms with Crippen LogP contribution in [0.4, 0.5) is 0 Å². The Hall–Kier alpha value is -0.870. The van der Waals surface area contributed by atoms with Crippen LogP contribution in [0, 0.1) is 0 Å². The summed E-state index contributed by atoms with van der Waals surface area (Å²) >= 11 is 0. The van der Waals surface area contributed by atoms with Crippen LogP contribution in [-0.4, -0.2) is 34.9 Å². The number of amides is 1. The number of hydrogen-bond acceptors (Lipinski definition) is 3. The summed E-state index contributed by atoms with van der Waals surface area (Å²) in [4.78, 5) is 12.4. The maximum absolute atomic E-state index is 12.4. The average Bonchev–Trinajstić information content (AvgIpc) is 3.25. The van der Waals surface area contributed by atoms with Crippen molar-refractivity contribution in [1.29, 1.82) is 0 Å². The van der Waals surface area contributed by atoms with Gasteiger partial charge in [0, 0.05) is 6.42 Å². The van der Waals surface area contributed by atoms with Crippen LogP contribution < -0.4 is 5.32 Å². The second-order valence-electron chi connectivity index (χ2n) is 19.4. The van der Waals surface area contributed by atoms with Gasteiger partial charge in [0.25, 0.3) is 0 Å². The summed E-state index contributed by atoms with van der Waals surface area (Å²) in [6.07, 6.45) is 67.9. The normalized spacial score (nSPS) is 12.8. The van der Waals surface area contributed by atoms with Gasteiger partial charge in [0.05, 0.1) is 18.8 Å². The lowest BCUT2D eigenvalue weighted by Gasteiger charge is -2.22. The number of nitrogens with one attached hydrogen (secondary N) is 1. The topological polar surface area (TPSA) is 69.6 Å². The fourth-order valence-electron chi connectivity index (χ4n) is 9.01. The summed E-state index contributed by atoms with van der Waals surface area (Å²) < 4.78 is 0. The minimum Gasteiger partial charge on any atom is -0.394 e. The lowest BCUT2D eigenvalue weighted by molar-refractivity contribution is -0.123. The number of aliphatic hydroxyl groups excluding tert-OH is 2. The lowest BCUT2D eigenvalue weighted by Crippen LogP contribution is -2.45. The SMILES string of the molecule is CCCCCCCCCC/C=C\CCCCCCCCCCCCCCCCCCCCCCCCCCCC(=O)NC(CO)C(O)CCCCCCCCCCCCC. The Kier molecular flexibility index (Phi) is 51.7. The van der Waals surface area contributed by atoms with E-state index in [4.69, 9.17) is 0 Å². The maximum atomic E-state index is 12.4. The zero-order valence-electron chi connectivity index (χ0n) is 41.3. The fourth-order valence-corrected chi connectivity index (χ4v) is 9.01. The molecule has 0 saturated carbocycles. The Bertz CT molecular complexity index is 829. The molecule has 0 aromatic rings. The van der Waals surface area contributed by atoms with Crippen LogP contribution in [0.5, 0.6) is 0 Å². The third-order valence-corrected chi connectivity index (χ3v) is 13.3. The Morgan fingerprint density at radius 2 is 0.633 bits per heavy atom. The van der Waals surface area contributed by atoms with Crippen LogP contribution in [0.25, 0.3) is 0 Å². The number of carbonyl (C=O) groups is 1. The van der Waals surface area contributed by atoms with E-state index >= 15 is 0 Å². The molecule has 0 radical (unpaired) electrons. The number of carbonyl (C=O) groups excluding carboxylic acids is 1. The molecular weight excluding hydrogens is 735 g/mol. The third-order valence-electron chi connectivity index (χ3n) is 13.3. The molecule has 358 valence electrons. The number of rotatable bonds is 52. The van der Waals surface area contributed by atoms with E-state index in [1.54, 1.807) is 0 Å². The molecule has 1 amide bonds. The zero-order valence-corrected chi connectivity index (χ0v) is 41.3. The highest BCUT2D eigenvalue weighted by Crippen LogP contribution is 2.18. The van der Waals surface area contributed by atoms with Crippen LogP contribution in [0.2, 0.25) is 0 Å². The number of allylic oxidation sites excluding steroid dienone is 2. The molecule has 0 heterocycles. The first-order valence-electron chi connectivity index (χ1n) is 27.9. The van der Waals surface area contributed by atoms with Crippen molar-refractivity contribution < 1.29 is 15.0 Å². The van der Waals surface area contributed by atoms with Gasteiger partial charge in [0.2, 0.25) is 5.91 Å². The molecular formula is C56H111NO3. The van der Waals surface area contributed by atoms with Crippen molar-refractivity contribution >= 4 is 5.91 Å². The summed E-state index contributed by atoms with van der Waals surface area (Å²) in [5.74, 6) is -0.0258. The van der Waals surface area contributed by atoms with Crippen LogP contribution in [0.1, 0.15) is 322 Å². The summed E-state index contributed by atoms with van der Waals surface area (Å²) in [6, 6.07) is -0.530. The molecule has 0 rings (SSSR count). The molecule has 0 aromatic carbocycles. The van der Waals surface area contributed by atoms with Crippen molar-refractivity contribution in [3.8, 4) is 0 Å². The van der Waals surface area contributed by atoms with Crippen molar-refractivity contribution in [3.63, 3.8) is 0 Å². The van der Waals surface area contributed by atoms with Gasteiger partial charge >= 0.3 is 0 Å². The van der Waals surface area contributed by atoms with Gasteiger partial charge in [-0.15, -0.1) is 0 Å². The van der Waals surface area contributed by atoms with E-state index in [9.17, 15) is 15.0 Å². The Morgan fingerprint density at radius 1 is 0.383 bits per heavy atom. The van der Waals surface area contributed by atoms with Gasteiger partial charge in [-0.05, 0) is 38.5 Å². The van der Waals surface area contributed by atoms with E-state index < -0.39 is 12.1 Å². The van der Waals surface area contributed by atoms with Gasteiger partial charge in [0.15, 0.2) is 0 Å². The molecule has 2 unspecified atom stereocenters. The molecule has 0 aromatic heterocycles. The molecule has 4 nitrogen and oxygen atoms in total. The average molecular weight is 847 g/mol. The second kappa shape index (κ2) is 52.5. The van der Waals surface area contributed by atoms with Crippen molar-refractivity contribution in [2.24, 2.45) is 0 Å². The zero-order chi connectivity index (χ0) is 43.5. The van der Waals surface area contributed by atoms with Crippen LogP contribution >= 0.6 is 0 Å². The Morgan fingerprint density at radius 3 is 0.917 bits per heavy atom. The minimum absolute atomic E-state index is 0.0258. The molecule has 0 saturated heterocycles. The van der Waals surface area contributed by atoms with Crippen LogP contribution in [0.15, 0.2) is 12.2 Å². The molecule has 2 atom stereocenters. The number of aliphatic hydroxyl groups is 2. The number of hydrogen-bond donors (Lipinski definition) is 3. The van der Waals surface area contributed by atoms with Crippen molar-refractivity contribution in [1.82, 2.24) is 5.32 Å². The van der Waals surface area contributed by atoms with Gasteiger partial charge < -0.3 is 15.5 Å². The summed E-state index contributed by atoms with van der Waals surface area (Å²) in [5, 5.41) is 23.2. The molecule has 0 fully saturated rings. The van der Waals surface area contributed by atoms with Crippen LogP contribution in [0.3, 0.4) is 0 Å². The van der Waals surface area contributed by atoms with E-state index in [1.165, 1.54) is 270 Å². The standard InChI is InChI=1S/C56H111NO3/c1-3-5-7-9-11-13-15-16-17-18-19-20-21-22-23-24-25-26-27-28-29-30-31-32-33-34-35-36-37-38-39-40-42-44-46-48-50-52-56(60)57-54(53-58)55(59)51-49-47-45-43-41-14-12-10-8-6-4-2/h18-19,54-55,58-59H,3-17,20-53H2,1-2H3,(H,57,60)/b19-18-. The predicted octanol–water partition coefficient (Wildman–Crippen LogP) is 18.1. The Labute approximate surface area is 377 Å². The fraction of sp³-hybridized carbons (Fsp3) is 0.946. The highest BCUT2D eigenvalue weighted by molar-refractivity contribution is 5.76. The van der Waals surface area contributed by atoms with Gasteiger partial charge in [-0.2, -0.15) is 0 Å². The van der Waals surface area contributed by atoms with Crippen molar-refractivity contribution in [2.75, 3.05) is 6.61 Å². The van der Waals surface area contributed by atoms with E-state index in [2.05, 4.69) is 31.3 Å². The first kappa shape index (κ1) is 59.1. The summed E-state index contributed by atoms with van der Waals surface area (Å²) in [5.41, 5.74) is 0. The summed E-state index contributed by atoms with van der Waals surface area (Å²) in [6.45, 7) is 4.37. The molecule has 0 aliphatic rings. The maximum Gasteiger partial charge on any atom is 0.220 e. The highest BCUT2D eigenvalue weighted by Gasteiger charge is 2.20. The van der Waals surface area contributed by atoms with Gasteiger partial charge in [0.1, 0.15) is 0 Å². The molecule has 0 spiro atoms. The van der Waals surface area contributed by atoms with E-state index in [0.29, 0.717) is 12.8 Å². The predicted molar refractivity (Wildman–Crippen MR) is 267 cm³/mol. The van der Waals surface area contributed by atoms with Gasteiger partial charge in [-0.3, -0.25) is 4.79 Å². The Balaban J connectivity index is 3.32. The van der Waals surface area contributed by atoms with E-state index in [1.807, 2.05) is 0 Å². The van der Waals surface area contributed by atoms with Crippen LogP contribution in [-0.2, 0) is 4.79 Å². The van der Waals surface area contributed by atoms with E-state index in [-0.39, 0.29) is 12.5 Å². The largest absolute Gasteiger partial charge is 0.394 e. The lowest BCUT2D eigenvalue weighted by atomic mass is 10.0. The molecule has 0 aliphatic carbocycles. The van der Waals surface area contributed by atoms with Gasteiger partial charge in [-0.1, -0.05) is 289 Å². The highest BCUT2D eigenvalue weighted by atomic mass is 16.3. The van der Waals surface area contributed by atoms with Crippen molar-refractivity contribution in [3.05, 3.63) is 12.2 Å². The molecule has 4 heteroatoms. The molecule has 0 aliphatic heterocycles. The molecule has 60 heavy (non-hydrogen) atoms. The second-order valence-corrected chi connectivity index (χ2v) is 19.4. The third kappa shape index (κ3) is 48.2. The first-order chi connectivity index (χ1) is 29.7. The smallest absolute Gasteiger partial charge is 0.220 e. The van der Waals surface area contributed by atoms with Crippen molar-refractivity contribution in [2.45, 2.75) is 334 Å².